The molecule has 36 heavy (non-hydrogen) atoms. The second-order valence-corrected chi connectivity index (χ2v) is 9.64. The zero-order valence-electron chi connectivity index (χ0n) is 20.5. The maximum atomic E-state index is 14.7. The Morgan fingerprint density at radius 1 is 0.944 bits per heavy atom. The topological polar surface area (TPSA) is 94.2 Å². The zero-order chi connectivity index (χ0) is 26.3. The Labute approximate surface area is 210 Å². The monoisotopic (exact) mass is 516 g/mol. The predicted octanol–water partition coefficient (Wildman–Crippen LogP) is 4.31. The number of halogens is 1. The van der Waals surface area contributed by atoms with Crippen LogP contribution in [0.15, 0.2) is 71.6 Å². The molecule has 0 fully saturated rings. The number of methoxy groups -OCH3 is 3. The van der Waals surface area contributed by atoms with Gasteiger partial charge in [-0.15, -0.1) is 0 Å². The summed E-state index contributed by atoms with van der Waals surface area (Å²) in [6.45, 7) is 1.25. The third-order valence-electron chi connectivity index (χ3n) is 5.61. The molecular weight excluding hydrogens is 487 g/mol. The molecule has 0 heterocycles. The molecule has 0 spiro atoms. The number of sulfonamides is 1. The largest absolute Gasteiger partial charge is 0.497 e. The first-order valence-corrected chi connectivity index (χ1v) is 12.6. The number of ether oxygens (including phenoxy) is 3. The van der Waals surface area contributed by atoms with E-state index in [-0.39, 0.29) is 10.6 Å². The molecule has 0 aliphatic heterocycles. The van der Waals surface area contributed by atoms with Crippen LogP contribution in [-0.4, -0.2) is 42.2 Å². The smallest absolute Gasteiger partial charge is 0.264 e. The molecule has 8 nitrogen and oxygen atoms in total. The molecule has 192 valence electrons. The lowest BCUT2D eigenvalue weighted by Gasteiger charge is -2.26. The first-order valence-electron chi connectivity index (χ1n) is 11.2. The van der Waals surface area contributed by atoms with E-state index in [4.69, 9.17) is 14.2 Å². The lowest BCUT2D eigenvalue weighted by atomic mass is 10.0. The highest BCUT2D eigenvalue weighted by molar-refractivity contribution is 7.92. The zero-order valence-corrected chi connectivity index (χ0v) is 21.3. The molecule has 0 saturated heterocycles. The van der Waals surface area contributed by atoms with Gasteiger partial charge in [0.15, 0.2) is 11.5 Å². The van der Waals surface area contributed by atoms with E-state index in [2.05, 4.69) is 5.32 Å². The van der Waals surface area contributed by atoms with E-state index in [1.165, 1.54) is 63.8 Å². The number of para-hydroxylation sites is 1. The number of rotatable bonds is 11. The van der Waals surface area contributed by atoms with Crippen LogP contribution in [0.3, 0.4) is 0 Å². The van der Waals surface area contributed by atoms with Crippen molar-refractivity contribution in [3.63, 3.8) is 0 Å². The van der Waals surface area contributed by atoms with Crippen molar-refractivity contribution >= 4 is 21.6 Å². The van der Waals surface area contributed by atoms with E-state index in [0.717, 1.165) is 15.9 Å². The Balaban J connectivity index is 1.92. The van der Waals surface area contributed by atoms with Crippen LogP contribution in [0.4, 0.5) is 10.1 Å². The van der Waals surface area contributed by atoms with Gasteiger partial charge in [-0.3, -0.25) is 9.10 Å². The maximum absolute atomic E-state index is 14.7. The molecule has 0 aliphatic carbocycles. The summed E-state index contributed by atoms with van der Waals surface area (Å²) in [5.41, 5.74) is 0.515. The van der Waals surface area contributed by atoms with Crippen LogP contribution in [0.2, 0.25) is 0 Å². The molecule has 0 bridgehead atoms. The van der Waals surface area contributed by atoms with E-state index in [0.29, 0.717) is 23.7 Å². The number of carbonyl (C=O) groups excluding carboxylic acids is 1. The average Bonchev–Trinajstić information content (AvgIpc) is 2.90. The molecule has 10 heteroatoms. The average molecular weight is 517 g/mol. The summed E-state index contributed by atoms with van der Waals surface area (Å²) >= 11 is 0. The molecule has 1 amide bonds. The molecule has 3 aromatic carbocycles. The fraction of sp³-hybridized carbons (Fsp3) is 0.269. The highest BCUT2D eigenvalue weighted by Crippen LogP contribution is 2.31. The van der Waals surface area contributed by atoms with Crippen LogP contribution < -0.4 is 23.8 Å². The quantitative estimate of drug-likeness (QED) is 0.408. The summed E-state index contributed by atoms with van der Waals surface area (Å²) in [4.78, 5) is 13.0. The summed E-state index contributed by atoms with van der Waals surface area (Å²) in [5.74, 6) is 0.132. The minimum absolute atomic E-state index is 0.105. The van der Waals surface area contributed by atoms with Gasteiger partial charge in [-0.2, -0.15) is 0 Å². The van der Waals surface area contributed by atoms with Crippen molar-refractivity contribution in [2.75, 3.05) is 32.2 Å². The van der Waals surface area contributed by atoms with Crippen LogP contribution in [0, 0.1) is 5.82 Å². The van der Waals surface area contributed by atoms with Gasteiger partial charge in [0.1, 0.15) is 18.1 Å². The Morgan fingerprint density at radius 2 is 1.61 bits per heavy atom. The van der Waals surface area contributed by atoms with E-state index in [1.54, 1.807) is 18.2 Å². The van der Waals surface area contributed by atoms with Crippen molar-refractivity contribution in [3.8, 4) is 17.2 Å². The van der Waals surface area contributed by atoms with Gasteiger partial charge in [0.05, 0.1) is 38.0 Å². The first-order chi connectivity index (χ1) is 17.2. The Morgan fingerprint density at radius 3 is 2.19 bits per heavy atom. The van der Waals surface area contributed by atoms with Crippen molar-refractivity contribution in [1.29, 1.82) is 0 Å². The van der Waals surface area contributed by atoms with Crippen molar-refractivity contribution in [2.24, 2.45) is 0 Å². The van der Waals surface area contributed by atoms with Crippen LogP contribution in [0.1, 0.15) is 24.9 Å². The molecular formula is C26H29FN2O6S. The van der Waals surface area contributed by atoms with Gasteiger partial charge in [0, 0.05) is 0 Å². The Kier molecular flexibility index (Phi) is 8.76. The predicted molar refractivity (Wildman–Crippen MR) is 135 cm³/mol. The highest BCUT2D eigenvalue weighted by atomic mass is 32.2. The molecule has 3 aromatic rings. The van der Waals surface area contributed by atoms with Crippen LogP contribution in [0.5, 0.6) is 17.2 Å². The lowest BCUT2D eigenvalue weighted by Crippen LogP contribution is -2.42. The lowest BCUT2D eigenvalue weighted by molar-refractivity contribution is -0.120. The summed E-state index contributed by atoms with van der Waals surface area (Å²) in [5, 5.41) is 2.85. The van der Waals surface area contributed by atoms with Crippen molar-refractivity contribution < 1.29 is 31.8 Å². The summed E-state index contributed by atoms with van der Waals surface area (Å²) < 4.78 is 58.2. The minimum atomic E-state index is -4.28. The van der Waals surface area contributed by atoms with E-state index >= 15 is 0 Å². The molecule has 0 aliphatic rings. The number of benzene rings is 3. The molecule has 0 radical (unpaired) electrons. The minimum Gasteiger partial charge on any atom is -0.497 e. The van der Waals surface area contributed by atoms with Gasteiger partial charge < -0.3 is 19.5 Å². The number of carbonyl (C=O) groups is 1. The Bertz CT molecular complexity index is 1300. The fourth-order valence-electron chi connectivity index (χ4n) is 3.69. The third-order valence-corrected chi connectivity index (χ3v) is 7.38. The molecule has 3 rings (SSSR count). The van der Waals surface area contributed by atoms with Gasteiger partial charge in [0.2, 0.25) is 5.91 Å². The SMILES string of the molecule is CCC(NC(=O)CN(c1ccccc1F)S(=O)(=O)c1ccc(OC)cc1)c1ccc(OC)c(OC)c1. The summed E-state index contributed by atoms with van der Waals surface area (Å²) in [7, 11) is 0.214. The third kappa shape index (κ3) is 5.88. The molecule has 0 aromatic heterocycles. The standard InChI is InChI=1S/C26H29FN2O6S/c1-5-22(18-10-15-24(34-3)25(16-18)35-4)28-26(30)17-29(23-9-7-6-8-21(23)27)36(31,32)20-13-11-19(33-2)12-14-20/h6-16,22H,5,17H2,1-4H3,(H,28,30). The molecule has 1 unspecified atom stereocenters. The Hall–Kier alpha value is -3.79. The van der Waals surface area contributed by atoms with Crippen LogP contribution in [-0.2, 0) is 14.8 Å². The number of nitrogens with one attached hydrogen (secondary N) is 1. The molecule has 0 saturated carbocycles. The van der Waals surface area contributed by atoms with E-state index in [9.17, 15) is 17.6 Å². The second-order valence-electron chi connectivity index (χ2n) is 7.78. The highest BCUT2D eigenvalue weighted by Gasteiger charge is 2.30. The summed E-state index contributed by atoms with van der Waals surface area (Å²) in [6.07, 6.45) is 0.520. The second kappa shape index (κ2) is 11.8. The van der Waals surface area contributed by atoms with Crippen molar-refractivity contribution in [3.05, 3.63) is 78.1 Å². The number of amides is 1. The number of hydrogen-bond donors (Lipinski definition) is 1. The van der Waals surface area contributed by atoms with Crippen molar-refractivity contribution in [1.82, 2.24) is 5.32 Å². The van der Waals surface area contributed by atoms with E-state index < -0.39 is 34.3 Å². The number of anilines is 1. The summed E-state index contributed by atoms with van der Waals surface area (Å²) in [6, 6.07) is 15.9. The van der Waals surface area contributed by atoms with Gasteiger partial charge in [0.25, 0.3) is 10.0 Å². The number of hydrogen-bond acceptors (Lipinski definition) is 6. The molecule has 1 N–H and O–H groups in total. The van der Waals surface area contributed by atoms with Crippen LogP contribution in [0.25, 0.3) is 0 Å². The van der Waals surface area contributed by atoms with E-state index in [1.807, 2.05) is 6.92 Å². The van der Waals surface area contributed by atoms with Gasteiger partial charge in [-0.05, 0) is 60.5 Å². The normalized spacial score (nSPS) is 11.9. The maximum Gasteiger partial charge on any atom is 0.264 e. The molecule has 1 atom stereocenters. The fourth-order valence-corrected chi connectivity index (χ4v) is 5.12. The van der Waals surface area contributed by atoms with Gasteiger partial charge in [-0.1, -0.05) is 25.1 Å². The van der Waals surface area contributed by atoms with Gasteiger partial charge in [-0.25, -0.2) is 12.8 Å². The number of nitrogens with zero attached hydrogens (tertiary/aromatic N) is 1. The van der Waals surface area contributed by atoms with Crippen molar-refractivity contribution in [2.45, 2.75) is 24.3 Å². The van der Waals surface area contributed by atoms with Gasteiger partial charge >= 0.3 is 0 Å². The van der Waals surface area contributed by atoms with Crippen LogP contribution >= 0.6 is 0 Å². The first kappa shape index (κ1) is 26.8.